The summed E-state index contributed by atoms with van der Waals surface area (Å²) in [7, 11) is 1.92. The van der Waals surface area contributed by atoms with Crippen molar-refractivity contribution < 1.29 is 4.74 Å². The second kappa shape index (κ2) is 6.16. The molecule has 2 heterocycles. The number of ether oxygens (including phenoxy) is 1. The lowest BCUT2D eigenvalue weighted by molar-refractivity contribution is -0.0591. The third kappa shape index (κ3) is 3.00. The molecule has 2 atom stereocenters. The average Bonchev–Trinajstić information content (AvgIpc) is 2.40. The molecule has 1 saturated heterocycles. The molecule has 1 aliphatic rings. The number of morpholine rings is 1. The van der Waals surface area contributed by atoms with Crippen LogP contribution in [0.2, 0.25) is 0 Å². The SMILES string of the molecule is CCC1COC(C)CN1Cc1cccnc1NC. The molecule has 0 aromatic carbocycles. The number of anilines is 1. The van der Waals surface area contributed by atoms with Gasteiger partial charge in [0.1, 0.15) is 5.82 Å². The van der Waals surface area contributed by atoms with Crippen molar-refractivity contribution >= 4 is 5.82 Å². The van der Waals surface area contributed by atoms with Crippen molar-refractivity contribution in [1.82, 2.24) is 9.88 Å². The minimum atomic E-state index is 0.322. The van der Waals surface area contributed by atoms with Gasteiger partial charge in [-0.15, -0.1) is 0 Å². The standard InChI is InChI=1S/C14H23N3O/c1-4-13-10-18-11(2)8-17(13)9-12-6-5-7-16-14(12)15-3/h5-7,11,13H,4,8-10H2,1-3H3,(H,15,16). The second-order valence-electron chi connectivity index (χ2n) is 4.90. The summed E-state index contributed by atoms with van der Waals surface area (Å²) < 4.78 is 5.73. The van der Waals surface area contributed by atoms with Gasteiger partial charge in [-0.25, -0.2) is 4.98 Å². The number of hydrogen-bond acceptors (Lipinski definition) is 4. The Balaban J connectivity index is 2.10. The molecule has 2 unspecified atom stereocenters. The van der Waals surface area contributed by atoms with E-state index in [0.717, 1.165) is 31.9 Å². The van der Waals surface area contributed by atoms with E-state index in [2.05, 4.69) is 35.1 Å². The van der Waals surface area contributed by atoms with Crippen LogP contribution in [-0.2, 0) is 11.3 Å². The summed E-state index contributed by atoms with van der Waals surface area (Å²) in [4.78, 5) is 6.87. The highest BCUT2D eigenvalue weighted by Crippen LogP contribution is 2.20. The highest BCUT2D eigenvalue weighted by atomic mass is 16.5. The van der Waals surface area contributed by atoms with E-state index >= 15 is 0 Å². The Bertz CT molecular complexity index is 383. The van der Waals surface area contributed by atoms with E-state index in [1.165, 1.54) is 5.56 Å². The van der Waals surface area contributed by atoms with Crippen molar-refractivity contribution in [2.75, 3.05) is 25.5 Å². The predicted molar refractivity (Wildman–Crippen MR) is 73.7 cm³/mol. The lowest BCUT2D eigenvalue weighted by Gasteiger charge is -2.38. The summed E-state index contributed by atoms with van der Waals surface area (Å²) >= 11 is 0. The molecule has 0 saturated carbocycles. The molecule has 2 rings (SSSR count). The van der Waals surface area contributed by atoms with Gasteiger partial charge >= 0.3 is 0 Å². The monoisotopic (exact) mass is 249 g/mol. The smallest absolute Gasteiger partial charge is 0.130 e. The molecule has 0 bridgehead atoms. The highest BCUT2D eigenvalue weighted by Gasteiger charge is 2.25. The summed E-state index contributed by atoms with van der Waals surface area (Å²) in [5.74, 6) is 0.978. The van der Waals surface area contributed by atoms with Crippen molar-refractivity contribution in [3.63, 3.8) is 0 Å². The van der Waals surface area contributed by atoms with Crippen LogP contribution in [0.25, 0.3) is 0 Å². The fourth-order valence-electron chi connectivity index (χ4n) is 2.49. The van der Waals surface area contributed by atoms with E-state index in [1.807, 2.05) is 19.3 Å². The highest BCUT2D eigenvalue weighted by molar-refractivity contribution is 5.42. The van der Waals surface area contributed by atoms with Crippen LogP contribution in [0.15, 0.2) is 18.3 Å². The Morgan fingerprint density at radius 1 is 1.56 bits per heavy atom. The maximum atomic E-state index is 5.73. The van der Waals surface area contributed by atoms with Gasteiger partial charge in [-0.3, -0.25) is 4.90 Å². The summed E-state index contributed by atoms with van der Waals surface area (Å²) in [5, 5.41) is 3.16. The van der Waals surface area contributed by atoms with Gasteiger partial charge in [0, 0.05) is 37.9 Å². The van der Waals surface area contributed by atoms with Crippen molar-refractivity contribution in [2.45, 2.75) is 39.0 Å². The van der Waals surface area contributed by atoms with Crippen LogP contribution in [0.4, 0.5) is 5.82 Å². The largest absolute Gasteiger partial charge is 0.376 e. The van der Waals surface area contributed by atoms with Crippen LogP contribution < -0.4 is 5.32 Å². The molecule has 1 fully saturated rings. The lowest BCUT2D eigenvalue weighted by atomic mass is 10.1. The number of hydrogen-bond donors (Lipinski definition) is 1. The molecule has 4 heteroatoms. The van der Waals surface area contributed by atoms with Gasteiger partial charge in [0.2, 0.25) is 0 Å². The normalized spacial score (nSPS) is 25.1. The van der Waals surface area contributed by atoms with Crippen LogP contribution in [-0.4, -0.2) is 42.2 Å². The summed E-state index contributed by atoms with van der Waals surface area (Å²) in [6.45, 7) is 7.14. The van der Waals surface area contributed by atoms with Crippen molar-refractivity contribution in [1.29, 1.82) is 0 Å². The minimum Gasteiger partial charge on any atom is -0.376 e. The number of aromatic nitrogens is 1. The first-order valence-electron chi connectivity index (χ1n) is 6.71. The number of rotatable bonds is 4. The first-order chi connectivity index (χ1) is 8.74. The molecule has 1 aromatic heterocycles. The predicted octanol–water partition coefficient (Wildman–Crippen LogP) is 2.12. The van der Waals surface area contributed by atoms with Crippen LogP contribution in [0, 0.1) is 0 Å². The lowest BCUT2D eigenvalue weighted by Crippen LogP contribution is -2.47. The van der Waals surface area contributed by atoms with E-state index in [1.54, 1.807) is 0 Å². The fraction of sp³-hybridized carbons (Fsp3) is 0.643. The van der Waals surface area contributed by atoms with Crippen molar-refractivity contribution in [2.24, 2.45) is 0 Å². The Labute approximate surface area is 109 Å². The van der Waals surface area contributed by atoms with Crippen LogP contribution in [0.3, 0.4) is 0 Å². The van der Waals surface area contributed by atoms with Crippen molar-refractivity contribution in [3.05, 3.63) is 23.9 Å². The molecular weight excluding hydrogens is 226 g/mol. The van der Waals surface area contributed by atoms with E-state index in [4.69, 9.17) is 4.74 Å². The van der Waals surface area contributed by atoms with Gasteiger partial charge in [-0.1, -0.05) is 13.0 Å². The topological polar surface area (TPSA) is 37.4 Å². The maximum absolute atomic E-state index is 5.73. The van der Waals surface area contributed by atoms with E-state index in [-0.39, 0.29) is 0 Å². The van der Waals surface area contributed by atoms with E-state index in [9.17, 15) is 0 Å². The summed E-state index contributed by atoms with van der Waals surface area (Å²) in [6.07, 6.45) is 3.28. The number of pyridine rings is 1. The molecule has 0 spiro atoms. The van der Waals surface area contributed by atoms with Crippen LogP contribution in [0.1, 0.15) is 25.8 Å². The Morgan fingerprint density at radius 2 is 2.39 bits per heavy atom. The third-order valence-corrected chi connectivity index (χ3v) is 3.55. The van der Waals surface area contributed by atoms with Gasteiger partial charge in [-0.05, 0) is 19.4 Å². The van der Waals surface area contributed by atoms with Gasteiger partial charge < -0.3 is 10.1 Å². The zero-order chi connectivity index (χ0) is 13.0. The molecule has 0 radical (unpaired) electrons. The number of nitrogens with one attached hydrogen (secondary N) is 1. The Hall–Kier alpha value is -1.13. The van der Waals surface area contributed by atoms with Crippen LogP contribution >= 0.6 is 0 Å². The molecule has 1 aliphatic heterocycles. The zero-order valence-electron chi connectivity index (χ0n) is 11.5. The first-order valence-corrected chi connectivity index (χ1v) is 6.71. The minimum absolute atomic E-state index is 0.322. The van der Waals surface area contributed by atoms with E-state index in [0.29, 0.717) is 12.1 Å². The molecular formula is C14H23N3O. The fourth-order valence-corrected chi connectivity index (χ4v) is 2.49. The maximum Gasteiger partial charge on any atom is 0.130 e. The molecule has 100 valence electrons. The number of nitrogens with zero attached hydrogens (tertiary/aromatic N) is 2. The molecule has 18 heavy (non-hydrogen) atoms. The zero-order valence-corrected chi connectivity index (χ0v) is 11.5. The third-order valence-electron chi connectivity index (χ3n) is 3.55. The molecule has 4 nitrogen and oxygen atoms in total. The first kappa shape index (κ1) is 13.3. The summed E-state index contributed by atoms with van der Waals surface area (Å²) in [6, 6.07) is 4.67. The van der Waals surface area contributed by atoms with E-state index < -0.39 is 0 Å². The Kier molecular flexibility index (Phi) is 4.55. The van der Waals surface area contributed by atoms with Gasteiger partial charge in [-0.2, -0.15) is 0 Å². The van der Waals surface area contributed by atoms with Gasteiger partial charge in [0.25, 0.3) is 0 Å². The molecule has 1 aromatic rings. The van der Waals surface area contributed by atoms with Crippen molar-refractivity contribution in [3.8, 4) is 0 Å². The molecule has 1 N–H and O–H groups in total. The Morgan fingerprint density at radius 3 is 3.11 bits per heavy atom. The van der Waals surface area contributed by atoms with Crippen LogP contribution in [0.5, 0.6) is 0 Å². The van der Waals surface area contributed by atoms with Gasteiger partial charge in [0.05, 0.1) is 12.7 Å². The molecule has 0 aliphatic carbocycles. The molecule has 0 amide bonds. The quantitative estimate of drug-likeness (QED) is 0.887. The summed E-state index contributed by atoms with van der Waals surface area (Å²) in [5.41, 5.74) is 1.26. The average molecular weight is 249 g/mol. The second-order valence-corrected chi connectivity index (χ2v) is 4.90. The van der Waals surface area contributed by atoms with Gasteiger partial charge in [0.15, 0.2) is 0 Å².